The van der Waals surface area contributed by atoms with Gasteiger partial charge in [-0.05, 0) is 48.4 Å². The number of aliphatic hydroxyl groups excluding tert-OH is 1. The number of methoxy groups -OCH3 is 2. The van der Waals surface area contributed by atoms with Crippen LogP contribution in [-0.2, 0) is 17.7 Å². The summed E-state index contributed by atoms with van der Waals surface area (Å²) < 4.78 is 16.7. The van der Waals surface area contributed by atoms with Crippen LogP contribution >= 0.6 is 0 Å². The maximum atomic E-state index is 10.4. The van der Waals surface area contributed by atoms with E-state index in [2.05, 4.69) is 24.0 Å². The molecule has 140 valence electrons. The second kappa shape index (κ2) is 8.39. The molecule has 1 heterocycles. The van der Waals surface area contributed by atoms with Crippen LogP contribution in [0.5, 0.6) is 11.5 Å². The summed E-state index contributed by atoms with van der Waals surface area (Å²) in [7, 11) is 3.33. The molecule has 1 aromatic carbocycles. The van der Waals surface area contributed by atoms with Gasteiger partial charge in [-0.1, -0.05) is 13.3 Å². The minimum absolute atomic E-state index is 0.327. The Bertz CT molecular complexity index is 577. The van der Waals surface area contributed by atoms with E-state index < -0.39 is 6.10 Å². The van der Waals surface area contributed by atoms with E-state index in [4.69, 9.17) is 14.2 Å². The fraction of sp³-hybridized carbons (Fsp3) is 0.700. The van der Waals surface area contributed by atoms with Gasteiger partial charge < -0.3 is 19.3 Å². The Labute approximate surface area is 150 Å². The lowest BCUT2D eigenvalue weighted by atomic mass is 9.98. The fourth-order valence-electron chi connectivity index (χ4n) is 4.04. The molecule has 3 atom stereocenters. The molecule has 1 saturated carbocycles. The quantitative estimate of drug-likeness (QED) is 0.820. The van der Waals surface area contributed by atoms with E-state index in [9.17, 15) is 5.11 Å². The molecule has 1 N–H and O–H groups in total. The number of hydrogen-bond donors (Lipinski definition) is 1. The molecule has 1 aromatic rings. The lowest BCUT2D eigenvalue weighted by Gasteiger charge is -2.31. The van der Waals surface area contributed by atoms with Crippen molar-refractivity contribution >= 4 is 0 Å². The maximum Gasteiger partial charge on any atom is 0.161 e. The molecule has 1 aliphatic heterocycles. The number of benzene rings is 1. The van der Waals surface area contributed by atoms with Gasteiger partial charge >= 0.3 is 0 Å². The number of aliphatic hydroxyl groups is 1. The molecule has 5 heteroatoms. The molecule has 0 amide bonds. The molecule has 25 heavy (non-hydrogen) atoms. The zero-order chi connectivity index (χ0) is 17.8. The Morgan fingerprint density at radius 3 is 2.52 bits per heavy atom. The van der Waals surface area contributed by atoms with E-state index in [1.807, 2.05) is 0 Å². The number of fused-ring (bicyclic) bond motifs is 1. The summed E-state index contributed by atoms with van der Waals surface area (Å²) in [5.41, 5.74) is 2.56. The fourth-order valence-corrected chi connectivity index (χ4v) is 4.04. The van der Waals surface area contributed by atoms with Gasteiger partial charge in [0.25, 0.3) is 0 Å². The van der Waals surface area contributed by atoms with Gasteiger partial charge in [0, 0.05) is 19.6 Å². The first-order valence-corrected chi connectivity index (χ1v) is 9.36. The van der Waals surface area contributed by atoms with E-state index in [0.29, 0.717) is 25.2 Å². The van der Waals surface area contributed by atoms with E-state index >= 15 is 0 Å². The van der Waals surface area contributed by atoms with Crippen LogP contribution in [0.3, 0.4) is 0 Å². The Hall–Kier alpha value is -1.30. The number of nitrogens with zero attached hydrogens (tertiary/aromatic N) is 1. The van der Waals surface area contributed by atoms with Crippen LogP contribution in [-0.4, -0.2) is 56.1 Å². The van der Waals surface area contributed by atoms with Crippen LogP contribution in [0.4, 0.5) is 0 Å². The van der Waals surface area contributed by atoms with Gasteiger partial charge in [-0.15, -0.1) is 0 Å². The third kappa shape index (κ3) is 4.46. The highest BCUT2D eigenvalue weighted by molar-refractivity contribution is 5.48. The Morgan fingerprint density at radius 1 is 1.16 bits per heavy atom. The van der Waals surface area contributed by atoms with E-state index in [1.54, 1.807) is 14.2 Å². The van der Waals surface area contributed by atoms with Crippen LogP contribution in [0.15, 0.2) is 12.1 Å². The Balaban J connectivity index is 1.53. The van der Waals surface area contributed by atoms with Crippen molar-refractivity contribution in [1.82, 2.24) is 4.90 Å². The average molecular weight is 349 g/mol. The van der Waals surface area contributed by atoms with Gasteiger partial charge in [-0.3, -0.25) is 4.90 Å². The number of rotatable bonds is 7. The third-order valence-corrected chi connectivity index (χ3v) is 5.55. The highest BCUT2D eigenvalue weighted by Crippen LogP contribution is 2.33. The molecule has 1 fully saturated rings. The first-order valence-electron chi connectivity index (χ1n) is 9.36. The van der Waals surface area contributed by atoms with Gasteiger partial charge in [0.1, 0.15) is 0 Å². The highest BCUT2D eigenvalue weighted by Gasteiger charge is 2.26. The zero-order valence-corrected chi connectivity index (χ0v) is 15.7. The molecule has 0 radical (unpaired) electrons. The summed E-state index contributed by atoms with van der Waals surface area (Å²) in [6.45, 7) is 5.10. The minimum Gasteiger partial charge on any atom is -0.493 e. The average Bonchev–Trinajstić information content (AvgIpc) is 3.03. The van der Waals surface area contributed by atoms with E-state index in [0.717, 1.165) is 37.4 Å². The molecule has 0 spiro atoms. The normalized spacial score (nSPS) is 24.8. The van der Waals surface area contributed by atoms with Crippen molar-refractivity contribution in [1.29, 1.82) is 0 Å². The van der Waals surface area contributed by atoms with Crippen LogP contribution in [0.25, 0.3) is 0 Å². The molecular weight excluding hydrogens is 318 g/mol. The van der Waals surface area contributed by atoms with Crippen molar-refractivity contribution < 1.29 is 19.3 Å². The van der Waals surface area contributed by atoms with Crippen molar-refractivity contribution in [3.8, 4) is 11.5 Å². The predicted molar refractivity (Wildman–Crippen MR) is 97.3 cm³/mol. The predicted octanol–water partition coefficient (Wildman–Crippen LogP) is 2.63. The lowest BCUT2D eigenvalue weighted by molar-refractivity contribution is -0.0329. The first-order chi connectivity index (χ1) is 12.1. The standard InChI is InChI=1S/C20H31NO4/c1-14-5-4-6-18(14)25-13-17(22)12-21-8-7-15-9-19(23-2)20(24-3)10-16(15)11-21/h9-10,14,17-18,22H,4-8,11-13H2,1-3H3/t14-,17-,18+/m1/s1. The maximum absolute atomic E-state index is 10.4. The molecule has 0 bridgehead atoms. The summed E-state index contributed by atoms with van der Waals surface area (Å²) >= 11 is 0. The van der Waals surface area contributed by atoms with Gasteiger partial charge in [-0.2, -0.15) is 0 Å². The molecule has 2 aliphatic rings. The summed E-state index contributed by atoms with van der Waals surface area (Å²) in [5.74, 6) is 2.17. The molecule has 3 rings (SSSR count). The topological polar surface area (TPSA) is 51.2 Å². The molecule has 5 nitrogen and oxygen atoms in total. The summed E-state index contributed by atoms with van der Waals surface area (Å²) in [4.78, 5) is 2.29. The Morgan fingerprint density at radius 2 is 1.88 bits per heavy atom. The first kappa shape index (κ1) is 18.5. The van der Waals surface area contributed by atoms with Crippen molar-refractivity contribution in [3.63, 3.8) is 0 Å². The Kier molecular flexibility index (Phi) is 6.20. The molecule has 0 aromatic heterocycles. The van der Waals surface area contributed by atoms with E-state index in [-0.39, 0.29) is 0 Å². The molecule has 1 aliphatic carbocycles. The largest absolute Gasteiger partial charge is 0.493 e. The van der Waals surface area contributed by atoms with E-state index in [1.165, 1.54) is 24.0 Å². The molecule has 0 unspecified atom stereocenters. The zero-order valence-electron chi connectivity index (χ0n) is 15.7. The smallest absolute Gasteiger partial charge is 0.161 e. The number of β-amino-alcohol motifs (C(OH)–C–C–N with tert-alkyl or cyclic N) is 1. The second-order valence-electron chi connectivity index (χ2n) is 7.39. The van der Waals surface area contributed by atoms with Crippen LogP contribution in [0.1, 0.15) is 37.3 Å². The summed E-state index contributed by atoms with van der Waals surface area (Å²) in [6.07, 6.45) is 4.48. The van der Waals surface area contributed by atoms with Crippen molar-refractivity contribution in [3.05, 3.63) is 23.3 Å². The van der Waals surface area contributed by atoms with Crippen molar-refractivity contribution in [2.75, 3.05) is 33.9 Å². The summed E-state index contributed by atoms with van der Waals surface area (Å²) in [5, 5.41) is 10.4. The number of hydrogen-bond acceptors (Lipinski definition) is 5. The number of ether oxygens (including phenoxy) is 3. The van der Waals surface area contributed by atoms with Gasteiger partial charge in [0.15, 0.2) is 11.5 Å². The molecular formula is C20H31NO4. The lowest BCUT2D eigenvalue weighted by Crippen LogP contribution is -2.39. The highest BCUT2D eigenvalue weighted by atomic mass is 16.5. The summed E-state index contributed by atoms with van der Waals surface area (Å²) in [6, 6.07) is 4.13. The minimum atomic E-state index is -0.436. The van der Waals surface area contributed by atoms with Crippen molar-refractivity contribution in [2.45, 2.75) is 51.4 Å². The van der Waals surface area contributed by atoms with Gasteiger partial charge in [0.05, 0.1) is 33.0 Å². The third-order valence-electron chi connectivity index (χ3n) is 5.55. The molecule has 0 saturated heterocycles. The van der Waals surface area contributed by atoms with Crippen LogP contribution in [0.2, 0.25) is 0 Å². The van der Waals surface area contributed by atoms with Crippen LogP contribution in [0, 0.1) is 5.92 Å². The van der Waals surface area contributed by atoms with Gasteiger partial charge in [-0.25, -0.2) is 0 Å². The van der Waals surface area contributed by atoms with Gasteiger partial charge in [0.2, 0.25) is 0 Å². The second-order valence-corrected chi connectivity index (χ2v) is 7.39. The SMILES string of the molecule is COc1cc2c(cc1OC)CN(C[C@@H](O)CO[C@H]1CCC[C@H]1C)CC2. The van der Waals surface area contributed by atoms with Crippen LogP contribution < -0.4 is 9.47 Å². The monoisotopic (exact) mass is 349 g/mol. The van der Waals surface area contributed by atoms with Crippen molar-refractivity contribution in [2.24, 2.45) is 5.92 Å².